The van der Waals surface area contributed by atoms with Gasteiger partial charge in [0.25, 0.3) is 21.8 Å². The molecule has 0 radical (unpaired) electrons. The SMILES string of the molecule is Cn1c(C(=O)Nc2ccc3c(c2)C(=O)NS3(=O)=O)cc2c(F)c(Cl)ccc21. The maximum Gasteiger partial charge on any atom is 0.272 e. The lowest BCUT2D eigenvalue weighted by Crippen LogP contribution is -2.20. The summed E-state index contributed by atoms with van der Waals surface area (Å²) in [5.41, 5.74) is 0.836. The molecule has 1 aromatic heterocycles. The predicted molar refractivity (Wildman–Crippen MR) is 96.9 cm³/mol. The van der Waals surface area contributed by atoms with E-state index in [1.807, 2.05) is 4.72 Å². The van der Waals surface area contributed by atoms with Gasteiger partial charge in [-0.3, -0.25) is 9.59 Å². The molecule has 2 N–H and O–H groups in total. The van der Waals surface area contributed by atoms with E-state index in [1.54, 1.807) is 13.1 Å². The molecule has 2 amide bonds. The normalized spacial score (nSPS) is 14.9. The van der Waals surface area contributed by atoms with Crippen LogP contribution in [-0.4, -0.2) is 24.8 Å². The summed E-state index contributed by atoms with van der Waals surface area (Å²) in [6.45, 7) is 0. The number of carbonyl (C=O) groups is 2. The van der Waals surface area contributed by atoms with Crippen LogP contribution in [0, 0.1) is 5.82 Å². The highest BCUT2D eigenvalue weighted by atomic mass is 35.5. The number of aromatic nitrogens is 1. The lowest BCUT2D eigenvalue weighted by atomic mass is 10.2. The molecule has 2 heterocycles. The van der Waals surface area contributed by atoms with E-state index in [-0.39, 0.29) is 32.2 Å². The van der Waals surface area contributed by atoms with Crippen molar-refractivity contribution in [1.82, 2.24) is 9.29 Å². The number of rotatable bonds is 2. The van der Waals surface area contributed by atoms with E-state index in [4.69, 9.17) is 11.6 Å². The van der Waals surface area contributed by atoms with E-state index >= 15 is 0 Å². The van der Waals surface area contributed by atoms with E-state index in [2.05, 4.69) is 5.32 Å². The van der Waals surface area contributed by atoms with Crippen LogP contribution in [0.25, 0.3) is 10.9 Å². The average Bonchev–Trinajstić information content (AvgIpc) is 3.06. The number of nitrogens with one attached hydrogen (secondary N) is 2. The fourth-order valence-corrected chi connectivity index (χ4v) is 4.33. The number of anilines is 1. The largest absolute Gasteiger partial charge is 0.340 e. The summed E-state index contributed by atoms with van der Waals surface area (Å²) in [5, 5.41) is 2.73. The third kappa shape index (κ3) is 2.66. The highest BCUT2D eigenvalue weighted by Crippen LogP contribution is 2.28. The molecule has 0 atom stereocenters. The van der Waals surface area contributed by atoms with Crippen molar-refractivity contribution in [3.05, 3.63) is 58.5 Å². The van der Waals surface area contributed by atoms with Gasteiger partial charge in [-0.05, 0) is 36.4 Å². The van der Waals surface area contributed by atoms with Crippen molar-refractivity contribution in [2.45, 2.75) is 4.90 Å². The number of hydrogen-bond acceptors (Lipinski definition) is 4. The van der Waals surface area contributed by atoms with Gasteiger partial charge in [0.1, 0.15) is 10.6 Å². The van der Waals surface area contributed by atoms with Gasteiger partial charge in [0.15, 0.2) is 5.82 Å². The van der Waals surface area contributed by atoms with Crippen LogP contribution in [0.4, 0.5) is 10.1 Å². The number of amides is 2. The fourth-order valence-electron chi connectivity index (χ4n) is 3.01. The summed E-state index contributed by atoms with van der Waals surface area (Å²) in [4.78, 5) is 24.2. The first-order valence-corrected chi connectivity index (χ1v) is 9.51. The Morgan fingerprint density at radius 2 is 1.96 bits per heavy atom. The van der Waals surface area contributed by atoms with Crippen LogP contribution in [0.5, 0.6) is 0 Å². The molecule has 0 saturated carbocycles. The van der Waals surface area contributed by atoms with Crippen molar-refractivity contribution < 1.29 is 22.4 Å². The van der Waals surface area contributed by atoms with Crippen molar-refractivity contribution >= 4 is 50.0 Å². The number of carbonyl (C=O) groups excluding carboxylic acids is 2. The van der Waals surface area contributed by atoms with Crippen LogP contribution in [0.3, 0.4) is 0 Å². The molecule has 2 aromatic carbocycles. The van der Waals surface area contributed by atoms with Crippen molar-refractivity contribution in [3.63, 3.8) is 0 Å². The number of nitrogens with zero attached hydrogens (tertiary/aromatic N) is 1. The second-order valence-electron chi connectivity index (χ2n) is 5.98. The van der Waals surface area contributed by atoms with Gasteiger partial charge in [0.05, 0.1) is 16.1 Å². The first-order valence-electron chi connectivity index (χ1n) is 7.65. The standard InChI is InChI=1S/C17H11ClFN3O4S/c1-22-12-4-3-11(18)15(19)9(12)7-13(22)17(24)20-8-2-5-14-10(6-8)16(23)21-27(14,25)26/h2-7H,1H3,(H,20,24)(H,21,23). The van der Waals surface area contributed by atoms with Crippen LogP contribution in [0.2, 0.25) is 5.02 Å². The van der Waals surface area contributed by atoms with Gasteiger partial charge in [0.2, 0.25) is 0 Å². The lowest BCUT2D eigenvalue weighted by molar-refractivity contribution is 0.0981. The Morgan fingerprint density at radius 1 is 1.22 bits per heavy atom. The zero-order valence-corrected chi connectivity index (χ0v) is 15.3. The summed E-state index contributed by atoms with van der Waals surface area (Å²) in [5.74, 6) is -1.93. The summed E-state index contributed by atoms with van der Waals surface area (Å²) in [6.07, 6.45) is 0. The molecule has 27 heavy (non-hydrogen) atoms. The predicted octanol–water partition coefficient (Wildman–Crippen LogP) is 2.66. The van der Waals surface area contributed by atoms with E-state index in [0.717, 1.165) is 0 Å². The van der Waals surface area contributed by atoms with Crippen molar-refractivity contribution in [1.29, 1.82) is 0 Å². The number of sulfonamides is 1. The maximum absolute atomic E-state index is 14.2. The highest BCUT2D eigenvalue weighted by molar-refractivity contribution is 7.90. The van der Waals surface area contributed by atoms with Crippen molar-refractivity contribution in [2.75, 3.05) is 5.32 Å². The number of halogens is 2. The Bertz CT molecular complexity index is 1270. The third-order valence-electron chi connectivity index (χ3n) is 4.34. The molecule has 7 nitrogen and oxygen atoms in total. The van der Waals surface area contributed by atoms with Gasteiger partial charge >= 0.3 is 0 Å². The molecule has 1 aliphatic rings. The van der Waals surface area contributed by atoms with E-state index in [9.17, 15) is 22.4 Å². The number of benzene rings is 2. The zero-order chi connectivity index (χ0) is 19.5. The van der Waals surface area contributed by atoms with Gasteiger partial charge in [-0.15, -0.1) is 0 Å². The molecule has 10 heteroatoms. The summed E-state index contributed by atoms with van der Waals surface area (Å²) in [7, 11) is -2.25. The Morgan fingerprint density at radius 3 is 2.70 bits per heavy atom. The minimum atomic E-state index is -3.86. The Balaban J connectivity index is 1.71. The summed E-state index contributed by atoms with van der Waals surface area (Å²) >= 11 is 5.78. The van der Waals surface area contributed by atoms with E-state index in [0.29, 0.717) is 5.52 Å². The monoisotopic (exact) mass is 407 g/mol. The summed E-state index contributed by atoms with van der Waals surface area (Å²) in [6, 6.07) is 8.25. The topological polar surface area (TPSA) is 97.3 Å². The fraction of sp³-hybridized carbons (Fsp3) is 0.0588. The molecule has 0 bridgehead atoms. The third-order valence-corrected chi connectivity index (χ3v) is 6.03. The van der Waals surface area contributed by atoms with E-state index < -0.39 is 27.7 Å². The smallest absolute Gasteiger partial charge is 0.272 e. The van der Waals surface area contributed by atoms with Gasteiger partial charge in [-0.25, -0.2) is 17.5 Å². The molecular weight excluding hydrogens is 397 g/mol. The van der Waals surface area contributed by atoms with Gasteiger partial charge in [-0.2, -0.15) is 0 Å². The van der Waals surface area contributed by atoms with Gasteiger partial charge < -0.3 is 9.88 Å². The van der Waals surface area contributed by atoms with Crippen LogP contribution in [0.1, 0.15) is 20.8 Å². The van der Waals surface area contributed by atoms with Crippen LogP contribution in [0.15, 0.2) is 41.3 Å². The first-order chi connectivity index (χ1) is 12.7. The Labute approximate surface area is 157 Å². The average molecular weight is 408 g/mol. The number of fused-ring (bicyclic) bond motifs is 2. The molecule has 0 aliphatic carbocycles. The maximum atomic E-state index is 14.2. The quantitative estimate of drug-likeness (QED) is 0.682. The molecular formula is C17H11ClFN3O4S. The molecule has 4 rings (SSSR count). The number of hydrogen-bond donors (Lipinski definition) is 2. The van der Waals surface area contributed by atoms with Crippen LogP contribution in [-0.2, 0) is 17.1 Å². The molecule has 0 unspecified atom stereocenters. The Hall–Kier alpha value is -2.91. The lowest BCUT2D eigenvalue weighted by Gasteiger charge is -2.07. The second-order valence-corrected chi connectivity index (χ2v) is 8.04. The van der Waals surface area contributed by atoms with Crippen molar-refractivity contribution in [3.8, 4) is 0 Å². The molecule has 1 aliphatic heterocycles. The van der Waals surface area contributed by atoms with Gasteiger partial charge in [0, 0.05) is 18.1 Å². The van der Waals surface area contributed by atoms with E-state index in [1.165, 1.54) is 34.9 Å². The second kappa shape index (κ2) is 5.80. The van der Waals surface area contributed by atoms with Gasteiger partial charge in [-0.1, -0.05) is 11.6 Å². The first kappa shape index (κ1) is 17.5. The van der Waals surface area contributed by atoms with Crippen molar-refractivity contribution in [2.24, 2.45) is 7.05 Å². The number of aryl methyl sites for hydroxylation is 1. The highest BCUT2D eigenvalue weighted by Gasteiger charge is 2.32. The summed E-state index contributed by atoms with van der Waals surface area (Å²) < 4.78 is 41.1. The minimum absolute atomic E-state index is 0.0501. The molecule has 0 fully saturated rings. The molecule has 3 aromatic rings. The molecule has 0 saturated heterocycles. The van der Waals surface area contributed by atoms with Crippen LogP contribution >= 0.6 is 11.6 Å². The molecule has 138 valence electrons. The molecule has 0 spiro atoms. The minimum Gasteiger partial charge on any atom is -0.340 e. The van der Waals surface area contributed by atoms with Crippen LogP contribution < -0.4 is 10.0 Å². The zero-order valence-electron chi connectivity index (χ0n) is 13.7. The Kier molecular flexibility index (Phi) is 3.76.